The smallest absolute Gasteiger partial charge is 0.375 e. The fourth-order valence-electron chi connectivity index (χ4n) is 3.76. The average molecular weight is 512 g/mol. The highest BCUT2D eigenvalue weighted by molar-refractivity contribution is 7.49. The third kappa shape index (κ3) is 7.03. The maximum absolute atomic E-state index is 13.1. The van der Waals surface area contributed by atoms with E-state index in [1.807, 2.05) is 4.90 Å². The van der Waals surface area contributed by atoms with E-state index < -0.39 is 43.9 Å². The molecule has 0 bridgehead atoms. The highest BCUT2D eigenvalue weighted by Gasteiger charge is 2.37. The minimum atomic E-state index is -4.94. The molecule has 1 unspecified atom stereocenters. The maximum atomic E-state index is 13.1. The molecule has 1 saturated heterocycles. The standard InChI is InChI=1S/C21H23F6N2O4P/c22-20(23,24)17-10-15(11-18(12-17)21(25,26)27)13-33-14-19(16-4-2-1-3-5-16)28-6-8-29(9-7-28)34(30,31)32/h1-5,10-12,19H,6-9,13-14H2,(H2,30,31,32). The van der Waals surface area contributed by atoms with Crippen LogP contribution in [0.2, 0.25) is 0 Å². The Bertz CT molecular complexity index is 972. The van der Waals surface area contributed by atoms with Gasteiger partial charge in [0, 0.05) is 26.2 Å². The van der Waals surface area contributed by atoms with Crippen molar-refractivity contribution in [3.63, 3.8) is 0 Å². The van der Waals surface area contributed by atoms with Crippen molar-refractivity contribution in [2.45, 2.75) is 25.0 Å². The molecule has 6 nitrogen and oxygen atoms in total. The number of alkyl halides is 6. The normalized spacial score (nSPS) is 17.6. The lowest BCUT2D eigenvalue weighted by atomic mass is 10.0. The van der Waals surface area contributed by atoms with E-state index in [9.17, 15) is 40.7 Å². The lowest BCUT2D eigenvalue weighted by molar-refractivity contribution is -0.143. The van der Waals surface area contributed by atoms with Crippen LogP contribution in [0.4, 0.5) is 26.3 Å². The molecule has 0 saturated carbocycles. The Hall–Kier alpha value is -1.95. The third-order valence-corrected chi connectivity index (χ3v) is 6.61. The van der Waals surface area contributed by atoms with E-state index in [2.05, 4.69) is 0 Å². The van der Waals surface area contributed by atoms with Crippen LogP contribution in [0.1, 0.15) is 28.3 Å². The Morgan fingerprint density at radius 3 is 1.88 bits per heavy atom. The fourth-order valence-corrected chi connectivity index (χ4v) is 4.46. The summed E-state index contributed by atoms with van der Waals surface area (Å²) in [6.45, 7) is 0.244. The Morgan fingerprint density at radius 2 is 1.41 bits per heavy atom. The first-order valence-corrected chi connectivity index (χ1v) is 11.8. The van der Waals surface area contributed by atoms with E-state index in [-0.39, 0.29) is 44.4 Å². The molecule has 0 radical (unpaired) electrons. The second kappa shape index (κ2) is 10.3. The monoisotopic (exact) mass is 512 g/mol. The first kappa shape index (κ1) is 26.7. The van der Waals surface area contributed by atoms with Crippen LogP contribution in [0, 0.1) is 0 Å². The van der Waals surface area contributed by atoms with Gasteiger partial charge in [-0.15, -0.1) is 0 Å². The van der Waals surface area contributed by atoms with Crippen molar-refractivity contribution in [1.29, 1.82) is 0 Å². The summed E-state index contributed by atoms with van der Waals surface area (Å²) >= 11 is 0. The minimum Gasteiger partial charge on any atom is -0.375 e. The van der Waals surface area contributed by atoms with E-state index in [0.717, 1.165) is 10.2 Å². The van der Waals surface area contributed by atoms with Crippen molar-refractivity contribution < 1.29 is 45.4 Å². The van der Waals surface area contributed by atoms with Gasteiger partial charge in [0.25, 0.3) is 0 Å². The van der Waals surface area contributed by atoms with Gasteiger partial charge in [0.2, 0.25) is 0 Å². The summed E-state index contributed by atoms with van der Waals surface area (Å²) in [6, 6.07) is 9.86. The lowest BCUT2D eigenvalue weighted by Gasteiger charge is -2.39. The maximum Gasteiger partial charge on any atom is 0.416 e. The van der Waals surface area contributed by atoms with Gasteiger partial charge in [-0.2, -0.15) is 26.3 Å². The van der Waals surface area contributed by atoms with Gasteiger partial charge in [-0.05, 0) is 29.3 Å². The highest BCUT2D eigenvalue weighted by Crippen LogP contribution is 2.41. The van der Waals surface area contributed by atoms with Crippen LogP contribution in [0.5, 0.6) is 0 Å². The summed E-state index contributed by atoms with van der Waals surface area (Å²) in [5.41, 5.74) is -2.28. The molecule has 0 amide bonds. The fraction of sp³-hybridized carbons (Fsp3) is 0.429. The SMILES string of the molecule is O=P(O)(O)N1CCN(C(COCc2cc(C(F)(F)F)cc(C(F)(F)F)c2)c2ccccc2)CC1. The summed E-state index contributed by atoms with van der Waals surface area (Å²) < 4.78 is 96.7. The Morgan fingerprint density at radius 1 is 0.882 bits per heavy atom. The van der Waals surface area contributed by atoms with E-state index >= 15 is 0 Å². The average Bonchev–Trinajstić information content (AvgIpc) is 2.75. The van der Waals surface area contributed by atoms with Gasteiger partial charge in [-0.25, -0.2) is 9.24 Å². The predicted molar refractivity (Wildman–Crippen MR) is 110 cm³/mol. The van der Waals surface area contributed by atoms with Crippen LogP contribution in [0.15, 0.2) is 48.5 Å². The molecule has 2 aromatic carbocycles. The second-order valence-corrected chi connectivity index (χ2v) is 9.45. The zero-order valence-electron chi connectivity index (χ0n) is 17.8. The summed E-state index contributed by atoms with van der Waals surface area (Å²) in [5.74, 6) is 0. The number of ether oxygens (including phenoxy) is 1. The predicted octanol–water partition coefficient (Wildman–Crippen LogP) is 4.69. The summed E-state index contributed by atoms with van der Waals surface area (Å²) in [4.78, 5) is 20.6. The molecule has 34 heavy (non-hydrogen) atoms. The number of benzene rings is 2. The number of halogens is 6. The number of rotatable bonds is 7. The minimum absolute atomic E-state index is 0.0441. The number of hydrogen-bond donors (Lipinski definition) is 2. The van der Waals surface area contributed by atoms with Crippen LogP contribution in [0.25, 0.3) is 0 Å². The topological polar surface area (TPSA) is 73.2 Å². The summed E-state index contributed by atoms with van der Waals surface area (Å²) in [5, 5.41) is 0. The van der Waals surface area contributed by atoms with Crippen LogP contribution in [-0.2, 0) is 28.3 Å². The summed E-state index contributed by atoms with van der Waals surface area (Å²) in [7, 11) is -4.38. The second-order valence-electron chi connectivity index (χ2n) is 7.86. The van der Waals surface area contributed by atoms with Crippen molar-refractivity contribution in [2.75, 3.05) is 32.8 Å². The molecule has 1 aliphatic heterocycles. The molecule has 188 valence electrons. The molecule has 1 heterocycles. The third-order valence-electron chi connectivity index (χ3n) is 5.48. The van der Waals surface area contributed by atoms with E-state index in [1.165, 1.54) is 0 Å². The molecule has 0 spiro atoms. The van der Waals surface area contributed by atoms with E-state index in [0.29, 0.717) is 12.1 Å². The van der Waals surface area contributed by atoms with Crippen molar-refractivity contribution in [3.05, 3.63) is 70.8 Å². The molecule has 1 aliphatic rings. The Labute approximate surface area is 192 Å². The molecule has 3 rings (SSSR count). The van der Waals surface area contributed by atoms with Crippen LogP contribution in [-0.4, -0.2) is 52.1 Å². The molecule has 0 aliphatic carbocycles. The molecular weight excluding hydrogens is 489 g/mol. The quantitative estimate of drug-likeness (QED) is 0.414. The number of hydrogen-bond acceptors (Lipinski definition) is 3. The van der Waals surface area contributed by atoms with E-state index in [4.69, 9.17) is 4.74 Å². The van der Waals surface area contributed by atoms with Crippen molar-refractivity contribution in [3.8, 4) is 0 Å². The molecule has 2 aromatic rings. The van der Waals surface area contributed by atoms with E-state index in [1.54, 1.807) is 30.3 Å². The summed E-state index contributed by atoms with van der Waals surface area (Å²) in [6.07, 6.45) is -9.89. The number of nitrogens with zero attached hydrogens (tertiary/aromatic N) is 2. The van der Waals surface area contributed by atoms with Crippen molar-refractivity contribution in [1.82, 2.24) is 9.57 Å². The lowest BCUT2D eigenvalue weighted by Crippen LogP contribution is -2.47. The van der Waals surface area contributed by atoms with Gasteiger partial charge < -0.3 is 14.5 Å². The Balaban J connectivity index is 1.75. The molecule has 2 N–H and O–H groups in total. The van der Waals surface area contributed by atoms with Crippen molar-refractivity contribution in [2.24, 2.45) is 0 Å². The molecular formula is C21H23F6N2O4P. The first-order valence-electron chi connectivity index (χ1n) is 10.2. The van der Waals surface area contributed by atoms with Gasteiger partial charge in [0.15, 0.2) is 0 Å². The molecule has 1 atom stereocenters. The Kier molecular flexibility index (Phi) is 8.11. The van der Waals surface area contributed by atoms with Gasteiger partial charge >= 0.3 is 20.1 Å². The first-order chi connectivity index (χ1) is 15.7. The van der Waals surface area contributed by atoms with Crippen LogP contribution in [0.3, 0.4) is 0 Å². The van der Waals surface area contributed by atoms with Crippen LogP contribution < -0.4 is 0 Å². The van der Waals surface area contributed by atoms with Crippen molar-refractivity contribution >= 4 is 7.75 Å². The highest BCUT2D eigenvalue weighted by atomic mass is 31.2. The molecule has 0 aromatic heterocycles. The molecule has 13 heteroatoms. The van der Waals surface area contributed by atoms with Gasteiger partial charge in [-0.1, -0.05) is 30.3 Å². The zero-order valence-corrected chi connectivity index (χ0v) is 18.7. The molecule has 1 fully saturated rings. The number of piperazine rings is 1. The largest absolute Gasteiger partial charge is 0.416 e. The van der Waals surface area contributed by atoms with Gasteiger partial charge in [0.05, 0.1) is 30.4 Å². The van der Waals surface area contributed by atoms with Gasteiger partial charge in [-0.3, -0.25) is 4.90 Å². The van der Waals surface area contributed by atoms with Gasteiger partial charge in [0.1, 0.15) is 0 Å². The zero-order chi connectivity index (χ0) is 25.1. The van der Waals surface area contributed by atoms with Crippen LogP contribution >= 0.6 is 7.75 Å².